The number of ether oxygens (including phenoxy) is 1. The van der Waals surface area contributed by atoms with Crippen molar-refractivity contribution in [1.29, 1.82) is 0 Å². The van der Waals surface area contributed by atoms with Crippen molar-refractivity contribution in [3.8, 4) is 5.75 Å². The zero-order valence-electron chi connectivity index (χ0n) is 12.7. The monoisotopic (exact) mass is 409 g/mol. The molecule has 0 bridgehead atoms. The van der Waals surface area contributed by atoms with E-state index in [1.807, 2.05) is 0 Å². The summed E-state index contributed by atoms with van der Waals surface area (Å²) in [7, 11) is -2.33. The van der Waals surface area contributed by atoms with Crippen molar-refractivity contribution in [3.05, 3.63) is 52.5 Å². The molecule has 1 amide bonds. The molecule has 8 heteroatoms. The Hall–Kier alpha value is -2.06. The number of methoxy groups -OCH3 is 1. The number of amides is 1. The number of carbonyl (C=O) groups is 1. The van der Waals surface area contributed by atoms with E-state index in [9.17, 15) is 13.2 Å². The Morgan fingerprint density at radius 1 is 1.38 bits per heavy atom. The Labute approximate surface area is 148 Å². The number of primary amides is 1. The van der Waals surface area contributed by atoms with Gasteiger partial charge in [-0.15, -0.1) is 0 Å². The second-order valence-corrected chi connectivity index (χ2v) is 8.07. The van der Waals surface area contributed by atoms with E-state index in [4.69, 9.17) is 10.5 Å². The molecule has 2 aromatic rings. The molecule has 1 aliphatic rings. The maximum atomic E-state index is 13.0. The molecular formula is C16H14BrN2O4S. The number of fused-ring (bicyclic) bond motifs is 1. The lowest BCUT2D eigenvalue weighted by Crippen LogP contribution is -2.33. The lowest BCUT2D eigenvalue weighted by atomic mass is 10.0. The van der Waals surface area contributed by atoms with Crippen LogP contribution in [0.1, 0.15) is 11.5 Å². The van der Waals surface area contributed by atoms with Gasteiger partial charge < -0.3 is 10.5 Å². The first kappa shape index (κ1) is 16.8. The summed E-state index contributed by atoms with van der Waals surface area (Å²) < 4.78 is 32.8. The normalized spacial score (nSPS) is 16.8. The molecule has 0 spiro atoms. The average Bonchev–Trinajstić information content (AvgIpc) is 2.94. The summed E-state index contributed by atoms with van der Waals surface area (Å²) >= 11 is 3.31. The maximum absolute atomic E-state index is 13.0. The van der Waals surface area contributed by atoms with Crippen LogP contribution < -0.4 is 14.8 Å². The third-order valence-corrected chi connectivity index (χ3v) is 6.12. The smallest absolute Gasteiger partial charge is 0.264 e. The van der Waals surface area contributed by atoms with Crippen LogP contribution in [0.5, 0.6) is 5.75 Å². The second kappa shape index (κ2) is 6.10. The van der Waals surface area contributed by atoms with Crippen LogP contribution in [0.25, 0.3) is 0 Å². The van der Waals surface area contributed by atoms with Gasteiger partial charge in [-0.2, -0.15) is 0 Å². The Kier molecular flexibility index (Phi) is 4.27. The van der Waals surface area contributed by atoms with Gasteiger partial charge in [-0.1, -0.05) is 15.9 Å². The van der Waals surface area contributed by atoms with E-state index in [2.05, 4.69) is 22.0 Å². The quantitative estimate of drug-likeness (QED) is 0.836. The van der Waals surface area contributed by atoms with Crippen molar-refractivity contribution in [3.63, 3.8) is 0 Å². The van der Waals surface area contributed by atoms with Crippen LogP contribution >= 0.6 is 15.9 Å². The maximum Gasteiger partial charge on any atom is 0.264 e. The molecule has 1 heterocycles. The van der Waals surface area contributed by atoms with Crippen LogP contribution in [-0.4, -0.2) is 28.0 Å². The van der Waals surface area contributed by atoms with E-state index in [0.717, 1.165) is 0 Å². The van der Waals surface area contributed by atoms with Gasteiger partial charge in [-0.25, -0.2) is 8.42 Å². The fourth-order valence-corrected chi connectivity index (χ4v) is 4.49. The zero-order chi connectivity index (χ0) is 17.5. The molecular weight excluding hydrogens is 396 g/mol. The number of halogens is 1. The Morgan fingerprint density at radius 3 is 2.62 bits per heavy atom. The van der Waals surface area contributed by atoms with Gasteiger partial charge in [0.1, 0.15) is 5.75 Å². The van der Waals surface area contributed by atoms with Gasteiger partial charge in [-0.3, -0.25) is 9.10 Å². The first-order valence-corrected chi connectivity index (χ1v) is 9.25. The lowest BCUT2D eigenvalue weighted by Gasteiger charge is -2.19. The van der Waals surface area contributed by atoms with E-state index in [0.29, 0.717) is 21.5 Å². The van der Waals surface area contributed by atoms with Gasteiger partial charge in [-0.05, 0) is 42.0 Å². The minimum Gasteiger partial charge on any atom is -0.497 e. The number of nitrogens with two attached hydrogens (primary N) is 1. The van der Waals surface area contributed by atoms with Gasteiger partial charge >= 0.3 is 0 Å². The highest BCUT2D eigenvalue weighted by molar-refractivity contribution is 9.10. The number of nitrogens with zero attached hydrogens (tertiary/aromatic N) is 1. The number of sulfonamides is 1. The molecule has 2 N–H and O–H groups in total. The fourth-order valence-electron chi connectivity index (χ4n) is 2.65. The number of carbonyl (C=O) groups excluding carboxylic acids is 1. The molecule has 1 atom stereocenters. The number of benzene rings is 2. The number of hydrogen-bond donors (Lipinski definition) is 1. The molecule has 0 saturated heterocycles. The fraction of sp³-hybridized carbons (Fsp3) is 0.188. The van der Waals surface area contributed by atoms with E-state index >= 15 is 0 Å². The molecule has 125 valence electrons. The van der Waals surface area contributed by atoms with Crippen LogP contribution in [0.2, 0.25) is 0 Å². The summed E-state index contributed by atoms with van der Waals surface area (Å²) in [6, 6.07) is 12.3. The highest BCUT2D eigenvalue weighted by Gasteiger charge is 2.39. The third-order valence-electron chi connectivity index (χ3n) is 3.88. The summed E-state index contributed by atoms with van der Waals surface area (Å²) in [4.78, 5) is 11.8. The molecule has 1 aliphatic heterocycles. The lowest BCUT2D eigenvalue weighted by molar-refractivity contribution is -0.119. The second-order valence-electron chi connectivity index (χ2n) is 5.29. The van der Waals surface area contributed by atoms with Crippen LogP contribution in [0.15, 0.2) is 45.8 Å². The van der Waals surface area contributed by atoms with Crippen molar-refractivity contribution in [1.82, 2.24) is 0 Å². The number of anilines is 1. The van der Waals surface area contributed by atoms with Crippen LogP contribution in [0, 0.1) is 6.07 Å². The largest absolute Gasteiger partial charge is 0.497 e. The SMILES string of the molecule is COc1ccc(S(=O)(=O)N2CC(C(N)=O)c3cc(Br)c[c]c32)cc1. The molecule has 0 fully saturated rings. The van der Waals surface area contributed by atoms with Crippen molar-refractivity contribution in [2.75, 3.05) is 18.0 Å². The first-order valence-electron chi connectivity index (χ1n) is 7.02. The Balaban J connectivity index is 2.07. The van der Waals surface area contributed by atoms with Gasteiger partial charge in [0.15, 0.2) is 0 Å². The summed E-state index contributed by atoms with van der Waals surface area (Å²) in [5.41, 5.74) is 6.33. The molecule has 1 unspecified atom stereocenters. The molecule has 0 aromatic heterocycles. The molecule has 2 aromatic carbocycles. The standard InChI is InChI=1S/C16H14BrN2O4S/c1-23-11-3-5-12(6-4-11)24(21,22)19-9-14(16(18)20)13-8-10(17)2-7-15(13)19/h2-6,8,14H,9H2,1H3,(H2,18,20). The summed E-state index contributed by atoms with van der Waals surface area (Å²) in [5, 5.41) is 0. The van der Waals surface area contributed by atoms with Crippen molar-refractivity contribution >= 4 is 37.5 Å². The molecule has 3 rings (SSSR count). The first-order chi connectivity index (χ1) is 11.3. The van der Waals surface area contributed by atoms with Gasteiger partial charge in [0.25, 0.3) is 10.0 Å². The highest BCUT2D eigenvalue weighted by Crippen LogP contribution is 2.40. The third kappa shape index (κ3) is 2.76. The number of hydrogen-bond acceptors (Lipinski definition) is 4. The minimum atomic E-state index is -3.83. The predicted molar refractivity (Wildman–Crippen MR) is 92.4 cm³/mol. The predicted octanol–water partition coefficient (Wildman–Crippen LogP) is 2.04. The van der Waals surface area contributed by atoms with Gasteiger partial charge in [0.05, 0.1) is 30.2 Å². The summed E-state index contributed by atoms with van der Waals surface area (Å²) in [6.45, 7) is -0.0357. The van der Waals surface area contributed by atoms with Crippen molar-refractivity contribution < 1.29 is 17.9 Å². The van der Waals surface area contributed by atoms with E-state index in [1.54, 1.807) is 24.3 Å². The molecule has 24 heavy (non-hydrogen) atoms. The minimum absolute atomic E-state index is 0.0357. The zero-order valence-corrected chi connectivity index (χ0v) is 15.1. The summed E-state index contributed by atoms with van der Waals surface area (Å²) in [6.07, 6.45) is 0. The van der Waals surface area contributed by atoms with E-state index in [-0.39, 0.29) is 11.4 Å². The number of rotatable bonds is 4. The average molecular weight is 410 g/mol. The molecule has 6 nitrogen and oxygen atoms in total. The van der Waals surface area contributed by atoms with E-state index in [1.165, 1.54) is 23.5 Å². The van der Waals surface area contributed by atoms with Gasteiger partial charge in [0, 0.05) is 10.5 Å². The molecule has 1 radical (unpaired) electrons. The topological polar surface area (TPSA) is 89.7 Å². The van der Waals surface area contributed by atoms with Crippen molar-refractivity contribution in [2.24, 2.45) is 5.73 Å². The van der Waals surface area contributed by atoms with Gasteiger partial charge in [0.2, 0.25) is 5.91 Å². The van der Waals surface area contributed by atoms with Crippen LogP contribution in [0.3, 0.4) is 0 Å². The highest BCUT2D eigenvalue weighted by atomic mass is 79.9. The molecule has 0 aliphatic carbocycles. The van der Waals surface area contributed by atoms with Crippen LogP contribution in [0.4, 0.5) is 5.69 Å². The Morgan fingerprint density at radius 2 is 2.04 bits per heavy atom. The molecule has 0 saturated carbocycles. The van der Waals surface area contributed by atoms with Crippen molar-refractivity contribution in [2.45, 2.75) is 10.8 Å². The summed E-state index contributed by atoms with van der Waals surface area (Å²) in [5.74, 6) is -0.724. The van der Waals surface area contributed by atoms with Crippen LogP contribution in [-0.2, 0) is 14.8 Å². The Bertz CT molecular complexity index is 897. The van der Waals surface area contributed by atoms with E-state index < -0.39 is 21.8 Å².